The number of hydrogen-bond donors (Lipinski definition) is 1. The minimum absolute atomic E-state index is 0.0630. The second kappa shape index (κ2) is 10.1. The molecule has 3 aromatic rings. The molecule has 3 rings (SSSR count). The summed E-state index contributed by atoms with van der Waals surface area (Å²) in [5.74, 6) is 1.15. The van der Waals surface area contributed by atoms with E-state index in [1.807, 2.05) is 48.5 Å². The molecule has 0 fully saturated rings. The largest absolute Gasteiger partial charge is 0.488 e. The molecule has 0 spiro atoms. The number of aromatic nitrogens is 1. The fraction of sp³-hybridized carbons (Fsp3) is 0.375. The predicted molar refractivity (Wildman–Crippen MR) is 116 cm³/mol. The summed E-state index contributed by atoms with van der Waals surface area (Å²) in [7, 11) is 1.67. The van der Waals surface area contributed by atoms with Crippen molar-refractivity contribution in [2.45, 2.75) is 33.4 Å². The van der Waals surface area contributed by atoms with Gasteiger partial charge in [-0.15, -0.1) is 0 Å². The van der Waals surface area contributed by atoms with Gasteiger partial charge >= 0.3 is 0 Å². The van der Waals surface area contributed by atoms with Crippen molar-refractivity contribution in [1.82, 2.24) is 9.88 Å². The maximum Gasteiger partial charge on any atom is 0.267 e. The highest BCUT2D eigenvalue weighted by Gasteiger charge is 2.18. The van der Waals surface area contributed by atoms with Crippen LogP contribution in [0.2, 0.25) is 0 Å². The van der Waals surface area contributed by atoms with Crippen LogP contribution in [0.3, 0.4) is 0 Å². The predicted octanol–water partition coefficient (Wildman–Crippen LogP) is 4.64. The van der Waals surface area contributed by atoms with Crippen molar-refractivity contribution in [3.05, 3.63) is 65.9 Å². The molecule has 5 heteroatoms. The van der Waals surface area contributed by atoms with Gasteiger partial charge in [-0.25, -0.2) is 0 Å². The number of carbonyl (C=O) groups is 1. The van der Waals surface area contributed by atoms with Crippen LogP contribution < -0.4 is 10.1 Å². The van der Waals surface area contributed by atoms with Gasteiger partial charge in [-0.1, -0.05) is 50.2 Å². The maximum absolute atomic E-state index is 12.9. The average molecular weight is 395 g/mol. The van der Waals surface area contributed by atoms with E-state index in [1.54, 1.807) is 7.11 Å². The Kier molecular flexibility index (Phi) is 7.30. The van der Waals surface area contributed by atoms with Gasteiger partial charge in [0.1, 0.15) is 18.1 Å². The Hall–Kier alpha value is -2.79. The number of carbonyl (C=O) groups excluding carboxylic acids is 1. The fourth-order valence-electron chi connectivity index (χ4n) is 3.38. The van der Waals surface area contributed by atoms with E-state index in [9.17, 15) is 4.79 Å². The van der Waals surface area contributed by atoms with E-state index >= 15 is 0 Å². The number of fused-ring (bicyclic) bond motifs is 1. The normalized spacial score (nSPS) is 11.2. The van der Waals surface area contributed by atoms with Gasteiger partial charge in [0.05, 0.1) is 5.52 Å². The summed E-state index contributed by atoms with van der Waals surface area (Å²) in [5, 5.41) is 3.97. The first kappa shape index (κ1) is 20.9. The van der Waals surface area contributed by atoms with Gasteiger partial charge in [0.2, 0.25) is 0 Å². The molecule has 0 aliphatic heterocycles. The summed E-state index contributed by atoms with van der Waals surface area (Å²) in [6.45, 7) is 6.80. The average Bonchev–Trinajstić information content (AvgIpc) is 3.09. The molecule has 0 saturated heterocycles. The van der Waals surface area contributed by atoms with E-state index in [2.05, 4.69) is 29.8 Å². The van der Waals surface area contributed by atoms with Crippen molar-refractivity contribution in [2.75, 3.05) is 20.3 Å². The molecular formula is C24H30N2O3. The molecule has 0 aliphatic rings. The number of hydrogen-bond acceptors (Lipinski definition) is 3. The molecule has 1 heterocycles. The fourth-order valence-corrected chi connectivity index (χ4v) is 3.38. The van der Waals surface area contributed by atoms with E-state index in [0.29, 0.717) is 31.4 Å². The first-order chi connectivity index (χ1) is 14.1. The standard InChI is InChI=1S/C24H30N2O3/c1-18(2)16-26-21-11-7-12-23(29-17-19-9-5-4-6-10-19)20(21)15-22(26)24(27)25-13-8-14-28-3/h4-7,9-12,15,18H,8,13-14,16-17H2,1-3H3,(H,25,27). The van der Waals surface area contributed by atoms with E-state index in [1.165, 1.54) is 0 Å². The van der Waals surface area contributed by atoms with Crippen molar-refractivity contribution >= 4 is 16.8 Å². The highest BCUT2D eigenvalue weighted by molar-refractivity contribution is 6.00. The zero-order valence-corrected chi connectivity index (χ0v) is 17.5. The molecule has 1 amide bonds. The van der Waals surface area contributed by atoms with Crippen LogP contribution in [0.1, 0.15) is 36.3 Å². The lowest BCUT2D eigenvalue weighted by Crippen LogP contribution is -2.28. The molecule has 5 nitrogen and oxygen atoms in total. The van der Waals surface area contributed by atoms with Crippen LogP contribution in [0.5, 0.6) is 5.75 Å². The Morgan fingerprint density at radius 1 is 1.10 bits per heavy atom. The molecule has 1 N–H and O–H groups in total. The third-order valence-corrected chi connectivity index (χ3v) is 4.73. The van der Waals surface area contributed by atoms with Crippen LogP contribution in [0.15, 0.2) is 54.6 Å². The van der Waals surface area contributed by atoms with Gasteiger partial charge in [0.25, 0.3) is 5.91 Å². The van der Waals surface area contributed by atoms with Gasteiger partial charge in [-0.2, -0.15) is 0 Å². The molecule has 0 saturated carbocycles. The number of amides is 1. The van der Waals surface area contributed by atoms with Crippen LogP contribution in [-0.4, -0.2) is 30.7 Å². The molecule has 0 bridgehead atoms. The van der Waals surface area contributed by atoms with E-state index < -0.39 is 0 Å². The van der Waals surface area contributed by atoms with Crippen LogP contribution in [0.4, 0.5) is 0 Å². The molecule has 0 radical (unpaired) electrons. The van der Waals surface area contributed by atoms with Crippen molar-refractivity contribution in [2.24, 2.45) is 5.92 Å². The monoisotopic (exact) mass is 394 g/mol. The smallest absolute Gasteiger partial charge is 0.267 e. The Morgan fingerprint density at radius 3 is 2.62 bits per heavy atom. The lowest BCUT2D eigenvalue weighted by atomic mass is 10.2. The summed E-state index contributed by atoms with van der Waals surface area (Å²) < 4.78 is 13.3. The Labute approximate surface area is 172 Å². The first-order valence-electron chi connectivity index (χ1n) is 10.2. The number of benzene rings is 2. The van der Waals surface area contributed by atoms with Gasteiger partial charge < -0.3 is 19.4 Å². The summed E-state index contributed by atoms with van der Waals surface area (Å²) in [6, 6.07) is 18.0. The molecular weight excluding hydrogens is 364 g/mol. The number of nitrogens with one attached hydrogen (secondary N) is 1. The molecule has 0 aliphatic carbocycles. The molecule has 2 aromatic carbocycles. The van der Waals surface area contributed by atoms with E-state index in [-0.39, 0.29) is 5.91 Å². The quantitative estimate of drug-likeness (QED) is 0.510. The number of nitrogens with zero attached hydrogens (tertiary/aromatic N) is 1. The summed E-state index contributed by atoms with van der Waals surface area (Å²) in [4.78, 5) is 12.9. The van der Waals surface area contributed by atoms with Gasteiger partial charge in [0, 0.05) is 32.2 Å². The SMILES string of the molecule is COCCCNC(=O)c1cc2c(OCc3ccccc3)cccc2n1CC(C)C. The third-order valence-electron chi connectivity index (χ3n) is 4.73. The van der Waals surface area contributed by atoms with Crippen LogP contribution >= 0.6 is 0 Å². The van der Waals surface area contributed by atoms with Crippen molar-refractivity contribution in [3.8, 4) is 5.75 Å². The minimum atomic E-state index is -0.0630. The second-order valence-electron chi connectivity index (χ2n) is 7.60. The first-order valence-corrected chi connectivity index (χ1v) is 10.2. The highest BCUT2D eigenvalue weighted by atomic mass is 16.5. The van der Waals surface area contributed by atoms with Crippen molar-refractivity contribution in [3.63, 3.8) is 0 Å². The lowest BCUT2D eigenvalue weighted by molar-refractivity contribution is 0.0939. The molecule has 1 aromatic heterocycles. The molecule has 0 atom stereocenters. The molecule has 154 valence electrons. The zero-order valence-electron chi connectivity index (χ0n) is 17.5. The third kappa shape index (κ3) is 5.39. The zero-order chi connectivity index (χ0) is 20.6. The Balaban J connectivity index is 1.88. The minimum Gasteiger partial charge on any atom is -0.488 e. The van der Waals surface area contributed by atoms with Gasteiger partial charge in [-0.3, -0.25) is 4.79 Å². The molecule has 0 unspecified atom stereocenters. The summed E-state index contributed by atoms with van der Waals surface area (Å²) >= 11 is 0. The van der Waals surface area contributed by atoms with Gasteiger partial charge in [0.15, 0.2) is 0 Å². The number of methoxy groups -OCH3 is 1. The summed E-state index contributed by atoms with van der Waals surface area (Å²) in [6.07, 6.45) is 0.790. The number of ether oxygens (including phenoxy) is 2. The number of rotatable bonds is 10. The Morgan fingerprint density at radius 2 is 1.90 bits per heavy atom. The molecule has 29 heavy (non-hydrogen) atoms. The van der Waals surface area contributed by atoms with E-state index in [0.717, 1.165) is 35.2 Å². The van der Waals surface area contributed by atoms with Crippen molar-refractivity contribution < 1.29 is 14.3 Å². The van der Waals surface area contributed by atoms with Gasteiger partial charge in [-0.05, 0) is 36.1 Å². The second-order valence-corrected chi connectivity index (χ2v) is 7.60. The van der Waals surface area contributed by atoms with Crippen LogP contribution in [-0.2, 0) is 17.9 Å². The van der Waals surface area contributed by atoms with E-state index in [4.69, 9.17) is 9.47 Å². The Bertz CT molecular complexity index is 932. The summed E-state index contributed by atoms with van der Waals surface area (Å²) in [5.41, 5.74) is 2.80. The topological polar surface area (TPSA) is 52.5 Å². The van der Waals surface area contributed by atoms with Crippen LogP contribution in [0.25, 0.3) is 10.9 Å². The highest BCUT2D eigenvalue weighted by Crippen LogP contribution is 2.30. The maximum atomic E-state index is 12.9. The lowest BCUT2D eigenvalue weighted by Gasteiger charge is -2.13. The van der Waals surface area contributed by atoms with Crippen LogP contribution in [0, 0.1) is 5.92 Å². The van der Waals surface area contributed by atoms with Crippen molar-refractivity contribution in [1.29, 1.82) is 0 Å².